The Kier molecular flexibility index (Phi) is 8.30. The van der Waals surface area contributed by atoms with Gasteiger partial charge >= 0.3 is 0 Å². The molecule has 2 bridgehead atoms. The van der Waals surface area contributed by atoms with Gasteiger partial charge in [-0.1, -0.05) is 31.0 Å². The van der Waals surface area contributed by atoms with Crippen LogP contribution in [0, 0.1) is 0 Å². The zero-order chi connectivity index (χ0) is 24.2. The molecule has 2 aromatic rings. The van der Waals surface area contributed by atoms with Gasteiger partial charge in [0.2, 0.25) is 0 Å². The molecular formula is C28H45N5O. The molecule has 1 unspecified atom stereocenters. The van der Waals surface area contributed by atoms with Crippen molar-refractivity contribution in [2.24, 2.45) is 0 Å². The predicted octanol–water partition coefficient (Wildman–Crippen LogP) is 5.24. The van der Waals surface area contributed by atoms with Crippen LogP contribution in [0.3, 0.4) is 0 Å². The van der Waals surface area contributed by atoms with Crippen molar-refractivity contribution >= 4 is 16.8 Å². The molecule has 2 aliphatic heterocycles. The number of piperidine rings is 1. The van der Waals surface area contributed by atoms with E-state index >= 15 is 0 Å². The van der Waals surface area contributed by atoms with Crippen molar-refractivity contribution in [3.05, 3.63) is 30.0 Å². The van der Waals surface area contributed by atoms with Crippen molar-refractivity contribution in [3.8, 4) is 0 Å². The zero-order valence-corrected chi connectivity index (χ0v) is 22.0. The number of unbranched alkanes of at least 4 members (excludes halogenated alkanes) is 3. The summed E-state index contributed by atoms with van der Waals surface area (Å²) in [6.45, 7) is 11.2. The minimum Gasteiger partial charge on any atom is -0.348 e. The van der Waals surface area contributed by atoms with Crippen LogP contribution in [-0.2, 0) is 0 Å². The zero-order valence-electron chi connectivity index (χ0n) is 22.0. The summed E-state index contributed by atoms with van der Waals surface area (Å²) in [5.41, 5.74) is 1.61. The quantitative estimate of drug-likeness (QED) is 0.459. The van der Waals surface area contributed by atoms with Gasteiger partial charge in [0, 0.05) is 35.6 Å². The van der Waals surface area contributed by atoms with E-state index in [0.29, 0.717) is 23.8 Å². The third kappa shape index (κ3) is 5.65. The number of nitrogens with one attached hydrogen (secondary N) is 1. The fourth-order valence-corrected chi connectivity index (χ4v) is 5.93. The van der Waals surface area contributed by atoms with Crippen molar-refractivity contribution < 1.29 is 4.79 Å². The molecule has 1 N–H and O–H groups in total. The number of hydrogen-bond donors (Lipinski definition) is 1. The van der Waals surface area contributed by atoms with Gasteiger partial charge < -0.3 is 10.2 Å². The van der Waals surface area contributed by atoms with E-state index in [9.17, 15) is 4.79 Å². The lowest BCUT2D eigenvalue weighted by atomic mass is 9.96. The Morgan fingerprint density at radius 2 is 1.74 bits per heavy atom. The molecule has 2 saturated heterocycles. The fraction of sp³-hybridized carbons (Fsp3) is 0.714. The summed E-state index contributed by atoms with van der Waals surface area (Å²) in [5, 5.41) is 9.01. The minimum absolute atomic E-state index is 0.0141. The highest BCUT2D eigenvalue weighted by Gasteiger charge is 2.40. The Hall–Kier alpha value is -1.92. The summed E-state index contributed by atoms with van der Waals surface area (Å²) in [6.07, 6.45) is 9.96. The molecule has 1 amide bonds. The van der Waals surface area contributed by atoms with Crippen LogP contribution in [0.5, 0.6) is 0 Å². The van der Waals surface area contributed by atoms with Crippen LogP contribution in [0.1, 0.15) is 95.6 Å². The van der Waals surface area contributed by atoms with E-state index in [4.69, 9.17) is 5.10 Å². The number of hydrogen-bond acceptors (Lipinski definition) is 4. The molecule has 0 spiro atoms. The third-order valence-electron chi connectivity index (χ3n) is 8.10. The lowest BCUT2D eigenvalue weighted by molar-refractivity contribution is 0.0837. The van der Waals surface area contributed by atoms with Gasteiger partial charge in [0.1, 0.15) is 0 Å². The number of carbonyl (C=O) groups is 1. The van der Waals surface area contributed by atoms with E-state index in [1.165, 1.54) is 51.6 Å². The number of benzene rings is 1. The van der Waals surface area contributed by atoms with Crippen molar-refractivity contribution in [1.29, 1.82) is 0 Å². The molecule has 3 atom stereocenters. The molecular weight excluding hydrogens is 422 g/mol. The van der Waals surface area contributed by atoms with Gasteiger partial charge in [0.05, 0.1) is 5.52 Å². The SMILES string of the molecule is CC(C)N(C)CCCCCCN1[C@@H]2CC[C@H]1CC(NC(=O)c1nn(C(C)C)c3ccccc13)C2. The van der Waals surface area contributed by atoms with Gasteiger partial charge in [0.25, 0.3) is 5.91 Å². The third-order valence-corrected chi connectivity index (χ3v) is 8.10. The average molecular weight is 468 g/mol. The Morgan fingerprint density at radius 3 is 2.41 bits per heavy atom. The second-order valence-electron chi connectivity index (χ2n) is 11.2. The molecule has 2 aliphatic rings. The first-order valence-corrected chi connectivity index (χ1v) is 13.6. The first-order chi connectivity index (χ1) is 16.3. The normalized spacial score (nSPS) is 23.0. The van der Waals surface area contributed by atoms with Crippen molar-refractivity contribution in [3.63, 3.8) is 0 Å². The van der Waals surface area contributed by atoms with E-state index < -0.39 is 0 Å². The Labute approximate surface area is 206 Å². The molecule has 1 aromatic heterocycles. The summed E-state index contributed by atoms with van der Waals surface area (Å²) in [5.74, 6) is -0.0141. The fourth-order valence-electron chi connectivity index (χ4n) is 5.93. The summed E-state index contributed by atoms with van der Waals surface area (Å²) in [4.78, 5) is 18.4. The monoisotopic (exact) mass is 467 g/mol. The Balaban J connectivity index is 1.26. The largest absolute Gasteiger partial charge is 0.348 e. The Morgan fingerprint density at radius 1 is 1.06 bits per heavy atom. The van der Waals surface area contributed by atoms with Crippen LogP contribution in [-0.4, -0.2) is 69.8 Å². The highest BCUT2D eigenvalue weighted by molar-refractivity contribution is 6.05. The second-order valence-corrected chi connectivity index (χ2v) is 11.2. The number of rotatable bonds is 11. The van der Waals surface area contributed by atoms with E-state index in [0.717, 1.165) is 23.7 Å². The van der Waals surface area contributed by atoms with Gasteiger partial charge in [-0.2, -0.15) is 5.10 Å². The van der Waals surface area contributed by atoms with E-state index in [1.54, 1.807) is 0 Å². The average Bonchev–Trinajstić information content (AvgIpc) is 3.30. The lowest BCUT2D eigenvalue weighted by Gasteiger charge is -2.39. The number of nitrogens with zero attached hydrogens (tertiary/aromatic N) is 4. The van der Waals surface area contributed by atoms with Crippen molar-refractivity contribution in [2.45, 2.75) is 109 Å². The number of carbonyl (C=O) groups excluding carboxylic acids is 1. The van der Waals surface area contributed by atoms with Gasteiger partial charge in [-0.15, -0.1) is 0 Å². The van der Waals surface area contributed by atoms with E-state index in [1.807, 2.05) is 22.9 Å². The maximum atomic E-state index is 13.2. The highest BCUT2D eigenvalue weighted by atomic mass is 16.2. The lowest BCUT2D eigenvalue weighted by Crippen LogP contribution is -2.50. The summed E-state index contributed by atoms with van der Waals surface area (Å²) in [7, 11) is 2.23. The molecule has 0 radical (unpaired) electrons. The molecule has 3 heterocycles. The summed E-state index contributed by atoms with van der Waals surface area (Å²) >= 11 is 0. The molecule has 4 rings (SSSR count). The Bertz CT molecular complexity index is 937. The van der Waals surface area contributed by atoms with Crippen LogP contribution < -0.4 is 5.32 Å². The van der Waals surface area contributed by atoms with E-state index in [-0.39, 0.29) is 18.0 Å². The van der Waals surface area contributed by atoms with Crippen LogP contribution >= 0.6 is 0 Å². The van der Waals surface area contributed by atoms with Crippen molar-refractivity contribution in [1.82, 2.24) is 24.9 Å². The standard InChI is InChI=1S/C28H45N5O/c1-20(2)31(5)16-10-6-7-11-17-32-23-14-15-24(32)19-22(18-23)29-28(34)27-25-12-8-9-13-26(25)33(30-27)21(3)4/h8-9,12-13,20-24H,6-7,10-11,14-19H2,1-5H3,(H,29,34)/t22?,23-,24+. The maximum absolute atomic E-state index is 13.2. The first-order valence-electron chi connectivity index (χ1n) is 13.6. The second kappa shape index (κ2) is 11.2. The topological polar surface area (TPSA) is 53.4 Å². The molecule has 1 aromatic carbocycles. The molecule has 2 fully saturated rings. The number of amides is 1. The van der Waals surface area contributed by atoms with Crippen molar-refractivity contribution in [2.75, 3.05) is 20.1 Å². The molecule has 188 valence electrons. The first kappa shape index (κ1) is 25.2. The van der Waals surface area contributed by atoms with E-state index in [2.05, 4.69) is 55.9 Å². The van der Waals surface area contributed by atoms with Crippen LogP contribution in [0.4, 0.5) is 0 Å². The number of para-hydroxylation sites is 1. The number of aromatic nitrogens is 2. The van der Waals surface area contributed by atoms with Gasteiger partial charge in [-0.3, -0.25) is 14.4 Å². The van der Waals surface area contributed by atoms with Crippen LogP contribution in [0.15, 0.2) is 24.3 Å². The van der Waals surface area contributed by atoms with Crippen LogP contribution in [0.2, 0.25) is 0 Å². The van der Waals surface area contributed by atoms with Gasteiger partial charge in [-0.05, 0) is 92.4 Å². The predicted molar refractivity (Wildman–Crippen MR) is 140 cm³/mol. The molecule has 0 saturated carbocycles. The van der Waals surface area contributed by atoms with Gasteiger partial charge in [0.15, 0.2) is 5.69 Å². The molecule has 6 heteroatoms. The smallest absolute Gasteiger partial charge is 0.272 e. The summed E-state index contributed by atoms with van der Waals surface area (Å²) < 4.78 is 1.97. The number of fused-ring (bicyclic) bond motifs is 3. The maximum Gasteiger partial charge on any atom is 0.272 e. The molecule has 0 aliphatic carbocycles. The molecule has 34 heavy (non-hydrogen) atoms. The van der Waals surface area contributed by atoms with Gasteiger partial charge in [-0.25, -0.2) is 0 Å². The highest BCUT2D eigenvalue weighted by Crippen LogP contribution is 2.36. The van der Waals surface area contributed by atoms with Crippen LogP contribution in [0.25, 0.3) is 10.9 Å². The summed E-state index contributed by atoms with van der Waals surface area (Å²) in [6, 6.07) is 10.5. The minimum atomic E-state index is -0.0141. The molecule has 6 nitrogen and oxygen atoms in total.